The fourth-order valence-corrected chi connectivity index (χ4v) is 2.22. The summed E-state index contributed by atoms with van der Waals surface area (Å²) in [5.41, 5.74) is 8.84. The van der Waals surface area contributed by atoms with Gasteiger partial charge in [0, 0.05) is 12.7 Å². The lowest BCUT2D eigenvalue weighted by Crippen LogP contribution is -2.31. The second kappa shape index (κ2) is 5.13. The molecule has 0 fully saturated rings. The maximum Gasteiger partial charge on any atom is 0.123 e. The van der Waals surface area contributed by atoms with Gasteiger partial charge in [-0.2, -0.15) is 0 Å². The van der Waals surface area contributed by atoms with Crippen LogP contribution in [0, 0.1) is 12.7 Å². The SMILES string of the molecule is Cc1cc(F)ccc1CCn1cncc1C(C)(C)N. The highest BCUT2D eigenvalue weighted by Crippen LogP contribution is 2.17. The number of hydrogen-bond donors (Lipinski definition) is 1. The minimum atomic E-state index is -0.408. The molecular weight excluding hydrogens is 241 g/mol. The maximum atomic E-state index is 13.0. The molecule has 0 atom stereocenters. The molecule has 0 amide bonds. The van der Waals surface area contributed by atoms with Crippen LogP contribution in [-0.4, -0.2) is 9.55 Å². The number of halogens is 1. The summed E-state index contributed by atoms with van der Waals surface area (Å²) in [5.74, 6) is -0.187. The van der Waals surface area contributed by atoms with Crippen molar-refractivity contribution in [1.82, 2.24) is 9.55 Å². The zero-order valence-electron chi connectivity index (χ0n) is 11.7. The molecule has 0 aliphatic heterocycles. The van der Waals surface area contributed by atoms with Crippen molar-refractivity contribution in [2.45, 2.75) is 39.3 Å². The molecule has 102 valence electrons. The van der Waals surface area contributed by atoms with Gasteiger partial charge >= 0.3 is 0 Å². The van der Waals surface area contributed by atoms with Gasteiger partial charge in [0.1, 0.15) is 5.82 Å². The number of nitrogens with zero attached hydrogens (tertiary/aromatic N) is 2. The molecule has 1 aromatic heterocycles. The molecule has 2 rings (SSSR count). The maximum absolute atomic E-state index is 13.0. The number of imidazole rings is 1. The highest BCUT2D eigenvalue weighted by Gasteiger charge is 2.18. The summed E-state index contributed by atoms with van der Waals surface area (Å²) in [7, 11) is 0. The lowest BCUT2D eigenvalue weighted by molar-refractivity contribution is 0.491. The van der Waals surface area contributed by atoms with Crippen LogP contribution in [-0.2, 0) is 18.5 Å². The lowest BCUT2D eigenvalue weighted by atomic mass is 10.0. The second-order valence-corrected chi connectivity index (χ2v) is 5.51. The van der Waals surface area contributed by atoms with E-state index in [9.17, 15) is 4.39 Å². The molecule has 0 aliphatic rings. The first kappa shape index (κ1) is 13.7. The molecule has 0 unspecified atom stereocenters. The van der Waals surface area contributed by atoms with Gasteiger partial charge in [0.2, 0.25) is 0 Å². The van der Waals surface area contributed by atoms with Crippen molar-refractivity contribution in [3.05, 3.63) is 53.4 Å². The van der Waals surface area contributed by atoms with Crippen molar-refractivity contribution < 1.29 is 4.39 Å². The lowest BCUT2D eigenvalue weighted by Gasteiger charge is -2.20. The molecule has 1 heterocycles. The highest BCUT2D eigenvalue weighted by molar-refractivity contribution is 5.26. The largest absolute Gasteiger partial charge is 0.333 e. The van der Waals surface area contributed by atoms with Crippen LogP contribution >= 0.6 is 0 Å². The monoisotopic (exact) mass is 261 g/mol. The molecule has 19 heavy (non-hydrogen) atoms. The van der Waals surface area contributed by atoms with Crippen molar-refractivity contribution in [2.24, 2.45) is 5.73 Å². The van der Waals surface area contributed by atoms with Crippen LogP contribution in [0.5, 0.6) is 0 Å². The third-order valence-electron chi connectivity index (χ3n) is 3.30. The van der Waals surface area contributed by atoms with Gasteiger partial charge in [0.05, 0.1) is 17.6 Å². The first-order valence-corrected chi connectivity index (χ1v) is 6.42. The normalized spacial score (nSPS) is 11.8. The molecular formula is C15H20FN3. The van der Waals surface area contributed by atoms with E-state index >= 15 is 0 Å². The quantitative estimate of drug-likeness (QED) is 0.919. The fraction of sp³-hybridized carbons (Fsp3) is 0.400. The summed E-state index contributed by atoms with van der Waals surface area (Å²) in [6.07, 6.45) is 4.44. The van der Waals surface area contributed by atoms with Crippen molar-refractivity contribution in [3.8, 4) is 0 Å². The Kier molecular flexibility index (Phi) is 3.71. The van der Waals surface area contributed by atoms with Crippen LogP contribution < -0.4 is 5.73 Å². The van der Waals surface area contributed by atoms with Crippen LogP contribution in [0.15, 0.2) is 30.7 Å². The smallest absolute Gasteiger partial charge is 0.123 e. The Labute approximate surface area is 113 Å². The Morgan fingerprint density at radius 1 is 1.37 bits per heavy atom. The van der Waals surface area contributed by atoms with E-state index in [1.807, 2.05) is 26.8 Å². The summed E-state index contributed by atoms with van der Waals surface area (Å²) < 4.78 is 15.1. The zero-order valence-corrected chi connectivity index (χ0v) is 11.7. The van der Waals surface area contributed by atoms with E-state index in [2.05, 4.69) is 9.55 Å². The molecule has 0 saturated carbocycles. The van der Waals surface area contributed by atoms with Crippen LogP contribution in [0.1, 0.15) is 30.7 Å². The summed E-state index contributed by atoms with van der Waals surface area (Å²) >= 11 is 0. The Morgan fingerprint density at radius 2 is 2.11 bits per heavy atom. The molecule has 0 saturated heterocycles. The third-order valence-corrected chi connectivity index (χ3v) is 3.30. The minimum absolute atomic E-state index is 0.187. The topological polar surface area (TPSA) is 43.8 Å². The fourth-order valence-electron chi connectivity index (χ4n) is 2.22. The van der Waals surface area contributed by atoms with E-state index in [-0.39, 0.29) is 5.82 Å². The molecule has 0 bridgehead atoms. The Hall–Kier alpha value is -1.68. The van der Waals surface area contributed by atoms with Crippen molar-refractivity contribution in [1.29, 1.82) is 0 Å². The highest BCUT2D eigenvalue weighted by atomic mass is 19.1. The number of benzene rings is 1. The van der Waals surface area contributed by atoms with Crippen LogP contribution in [0.3, 0.4) is 0 Å². The number of nitrogens with two attached hydrogens (primary N) is 1. The number of rotatable bonds is 4. The van der Waals surface area contributed by atoms with Gasteiger partial charge in [0.15, 0.2) is 0 Å². The Bertz CT molecular complexity index is 567. The van der Waals surface area contributed by atoms with Gasteiger partial charge in [-0.1, -0.05) is 6.07 Å². The molecule has 1 aromatic carbocycles. The minimum Gasteiger partial charge on any atom is -0.333 e. The van der Waals surface area contributed by atoms with Gasteiger partial charge in [0.25, 0.3) is 0 Å². The van der Waals surface area contributed by atoms with Gasteiger partial charge in [-0.15, -0.1) is 0 Å². The predicted octanol–water partition coefficient (Wildman–Crippen LogP) is 2.77. The second-order valence-electron chi connectivity index (χ2n) is 5.51. The summed E-state index contributed by atoms with van der Waals surface area (Å²) in [6.45, 7) is 6.65. The van der Waals surface area contributed by atoms with E-state index in [1.165, 1.54) is 6.07 Å². The molecule has 0 spiro atoms. The van der Waals surface area contributed by atoms with Gasteiger partial charge in [-0.3, -0.25) is 0 Å². The summed E-state index contributed by atoms with van der Waals surface area (Å²) in [6, 6.07) is 4.91. The summed E-state index contributed by atoms with van der Waals surface area (Å²) in [5, 5.41) is 0. The van der Waals surface area contributed by atoms with Crippen LogP contribution in [0.25, 0.3) is 0 Å². The first-order chi connectivity index (χ1) is 8.88. The van der Waals surface area contributed by atoms with Crippen molar-refractivity contribution in [2.75, 3.05) is 0 Å². The molecule has 4 heteroatoms. The third kappa shape index (κ3) is 3.20. The van der Waals surface area contributed by atoms with E-state index in [1.54, 1.807) is 18.6 Å². The van der Waals surface area contributed by atoms with Crippen LogP contribution in [0.2, 0.25) is 0 Å². The zero-order chi connectivity index (χ0) is 14.0. The molecule has 0 radical (unpaired) electrons. The number of hydrogen-bond acceptors (Lipinski definition) is 2. The van der Waals surface area contributed by atoms with E-state index in [4.69, 9.17) is 5.73 Å². The van der Waals surface area contributed by atoms with E-state index in [0.717, 1.165) is 29.8 Å². The first-order valence-electron chi connectivity index (χ1n) is 6.42. The van der Waals surface area contributed by atoms with Gasteiger partial charge in [-0.05, 0) is 50.5 Å². The molecule has 2 N–H and O–H groups in total. The van der Waals surface area contributed by atoms with Gasteiger partial charge < -0.3 is 10.3 Å². The van der Waals surface area contributed by atoms with E-state index < -0.39 is 5.54 Å². The number of aryl methyl sites for hydroxylation is 3. The summed E-state index contributed by atoms with van der Waals surface area (Å²) in [4.78, 5) is 4.16. The predicted molar refractivity (Wildman–Crippen MR) is 74.3 cm³/mol. The standard InChI is InChI=1S/C15H20FN3/c1-11-8-13(16)5-4-12(11)6-7-19-10-18-9-14(19)15(2,3)17/h4-5,8-10H,6-7,17H2,1-3H3. The Balaban J connectivity index is 2.13. The van der Waals surface area contributed by atoms with Gasteiger partial charge in [-0.25, -0.2) is 9.37 Å². The van der Waals surface area contributed by atoms with Crippen molar-refractivity contribution >= 4 is 0 Å². The average Bonchev–Trinajstić information content (AvgIpc) is 2.75. The average molecular weight is 261 g/mol. The van der Waals surface area contributed by atoms with Crippen molar-refractivity contribution in [3.63, 3.8) is 0 Å². The molecule has 0 aliphatic carbocycles. The Morgan fingerprint density at radius 3 is 2.74 bits per heavy atom. The number of aromatic nitrogens is 2. The molecule has 2 aromatic rings. The van der Waals surface area contributed by atoms with E-state index in [0.29, 0.717) is 0 Å². The molecule has 3 nitrogen and oxygen atoms in total. The van der Waals surface area contributed by atoms with Crippen LogP contribution in [0.4, 0.5) is 4.39 Å².